The summed E-state index contributed by atoms with van der Waals surface area (Å²) < 4.78 is 0. The van der Waals surface area contributed by atoms with Crippen molar-refractivity contribution in [3.05, 3.63) is 53.6 Å². The van der Waals surface area contributed by atoms with E-state index < -0.39 is 0 Å². The van der Waals surface area contributed by atoms with E-state index >= 15 is 0 Å². The molecule has 3 nitrogen and oxygen atoms in total. The number of para-hydroxylation sites is 2. The minimum Gasteiger partial charge on any atom is -0.353 e. The van der Waals surface area contributed by atoms with E-state index in [1.54, 1.807) is 0 Å². The molecule has 2 aromatic rings. The molecule has 3 rings (SSSR count). The maximum absolute atomic E-state index is 12.3. The lowest BCUT2D eigenvalue weighted by atomic mass is 10.0. The zero-order valence-corrected chi connectivity index (χ0v) is 10.2. The van der Waals surface area contributed by atoms with E-state index in [9.17, 15) is 4.79 Å². The van der Waals surface area contributed by atoms with Crippen LogP contribution in [0.3, 0.4) is 0 Å². The second-order valence-electron chi connectivity index (χ2n) is 4.32. The first-order valence-corrected chi connectivity index (χ1v) is 6.09. The average Bonchev–Trinajstić information content (AvgIpc) is 2.54. The molecule has 2 aromatic carbocycles. The van der Waals surface area contributed by atoms with Crippen molar-refractivity contribution in [2.24, 2.45) is 0 Å². The first-order valence-electron chi connectivity index (χ1n) is 6.09. The highest BCUT2D eigenvalue weighted by Crippen LogP contribution is 2.33. The highest BCUT2D eigenvalue weighted by Gasteiger charge is 2.20. The van der Waals surface area contributed by atoms with Crippen LogP contribution in [0.25, 0.3) is 0 Å². The van der Waals surface area contributed by atoms with Gasteiger partial charge in [0.05, 0.1) is 22.6 Å². The highest BCUT2D eigenvalue weighted by atomic mass is 16.1. The van der Waals surface area contributed by atoms with Gasteiger partial charge in [-0.25, -0.2) is 0 Å². The van der Waals surface area contributed by atoms with Crippen LogP contribution in [-0.2, 0) is 6.42 Å². The molecule has 0 saturated heterocycles. The van der Waals surface area contributed by atoms with Gasteiger partial charge in [0.25, 0.3) is 5.91 Å². The molecule has 0 atom stereocenters. The number of fused-ring (bicyclic) bond motifs is 2. The van der Waals surface area contributed by atoms with E-state index in [0.717, 1.165) is 34.6 Å². The van der Waals surface area contributed by atoms with E-state index in [2.05, 4.69) is 17.6 Å². The normalized spacial score (nSPS) is 12.8. The lowest BCUT2D eigenvalue weighted by Gasteiger charge is -2.10. The van der Waals surface area contributed by atoms with Crippen molar-refractivity contribution in [3.63, 3.8) is 0 Å². The van der Waals surface area contributed by atoms with Crippen LogP contribution in [0.15, 0.2) is 42.5 Å². The molecule has 0 bridgehead atoms. The van der Waals surface area contributed by atoms with Crippen LogP contribution in [0.5, 0.6) is 0 Å². The van der Waals surface area contributed by atoms with Gasteiger partial charge in [0.15, 0.2) is 0 Å². The molecule has 0 aromatic heterocycles. The largest absolute Gasteiger partial charge is 0.353 e. The summed E-state index contributed by atoms with van der Waals surface area (Å²) in [4.78, 5) is 12.3. The number of carbonyl (C=O) groups excluding carboxylic acids is 1. The molecule has 0 unspecified atom stereocenters. The van der Waals surface area contributed by atoms with Crippen molar-refractivity contribution in [1.29, 1.82) is 0 Å². The van der Waals surface area contributed by atoms with Crippen molar-refractivity contribution in [3.8, 4) is 0 Å². The molecule has 90 valence electrons. The predicted molar refractivity (Wildman–Crippen MR) is 73.5 cm³/mol. The van der Waals surface area contributed by atoms with Crippen molar-refractivity contribution < 1.29 is 4.79 Å². The van der Waals surface area contributed by atoms with Gasteiger partial charge in [-0.1, -0.05) is 31.2 Å². The summed E-state index contributed by atoms with van der Waals surface area (Å²) in [6, 6.07) is 13.6. The third-order valence-electron chi connectivity index (χ3n) is 3.20. The number of aryl methyl sites for hydroxylation is 1. The van der Waals surface area contributed by atoms with Crippen LogP contribution in [0.2, 0.25) is 0 Å². The Bertz CT molecular complexity index is 620. The third kappa shape index (κ3) is 1.64. The molecule has 0 fully saturated rings. The Kier molecular flexibility index (Phi) is 2.52. The van der Waals surface area contributed by atoms with Crippen molar-refractivity contribution in [2.45, 2.75) is 13.3 Å². The monoisotopic (exact) mass is 238 g/mol. The molecule has 1 aliphatic rings. The lowest BCUT2D eigenvalue weighted by Crippen LogP contribution is -2.13. The number of nitrogens with one attached hydrogen (secondary N) is 2. The van der Waals surface area contributed by atoms with Crippen LogP contribution in [0.4, 0.5) is 17.1 Å². The second kappa shape index (κ2) is 4.18. The van der Waals surface area contributed by atoms with E-state index in [4.69, 9.17) is 0 Å². The van der Waals surface area contributed by atoms with E-state index in [-0.39, 0.29) is 5.91 Å². The maximum Gasteiger partial charge on any atom is 0.258 e. The molecule has 1 heterocycles. The Morgan fingerprint density at radius 2 is 1.56 bits per heavy atom. The minimum absolute atomic E-state index is 0.0418. The van der Waals surface area contributed by atoms with E-state index in [1.807, 2.05) is 42.5 Å². The Balaban J connectivity index is 2.19. The molecule has 1 amide bonds. The van der Waals surface area contributed by atoms with Crippen LogP contribution >= 0.6 is 0 Å². The fourth-order valence-corrected chi connectivity index (χ4v) is 2.30. The lowest BCUT2D eigenvalue weighted by molar-refractivity contribution is 0.102. The summed E-state index contributed by atoms with van der Waals surface area (Å²) in [5.74, 6) is -0.0418. The van der Waals surface area contributed by atoms with Gasteiger partial charge in [-0.2, -0.15) is 0 Å². The van der Waals surface area contributed by atoms with E-state index in [1.165, 1.54) is 0 Å². The smallest absolute Gasteiger partial charge is 0.258 e. The first-order chi connectivity index (χ1) is 8.79. The number of benzene rings is 2. The van der Waals surface area contributed by atoms with Crippen LogP contribution in [0.1, 0.15) is 22.8 Å². The standard InChI is InChI=1S/C15H14N2O/c1-2-10-6-5-9-13-14(10)15(18)17-12-8-4-3-7-11(12)16-13/h3-9,16H,2H2,1H3,(H,17,18). The first kappa shape index (κ1) is 10.8. The number of hydrogen-bond acceptors (Lipinski definition) is 2. The predicted octanol–water partition coefficient (Wildman–Crippen LogP) is 3.56. The number of anilines is 3. The number of rotatable bonds is 1. The number of hydrogen-bond donors (Lipinski definition) is 2. The second-order valence-corrected chi connectivity index (χ2v) is 4.32. The Hall–Kier alpha value is -2.29. The third-order valence-corrected chi connectivity index (χ3v) is 3.20. The quantitative estimate of drug-likeness (QED) is 0.797. The molecular formula is C15H14N2O. The maximum atomic E-state index is 12.3. The van der Waals surface area contributed by atoms with Crippen molar-refractivity contribution >= 4 is 23.0 Å². The fourth-order valence-electron chi connectivity index (χ4n) is 2.30. The minimum atomic E-state index is -0.0418. The Morgan fingerprint density at radius 3 is 2.28 bits per heavy atom. The summed E-state index contributed by atoms with van der Waals surface area (Å²) >= 11 is 0. The fraction of sp³-hybridized carbons (Fsp3) is 0.133. The zero-order valence-electron chi connectivity index (χ0n) is 10.2. The van der Waals surface area contributed by atoms with Crippen molar-refractivity contribution in [1.82, 2.24) is 0 Å². The van der Waals surface area contributed by atoms with E-state index in [0.29, 0.717) is 0 Å². The molecule has 0 radical (unpaired) electrons. The van der Waals surface area contributed by atoms with Gasteiger partial charge in [-0.3, -0.25) is 4.79 Å². The Labute approximate surface area is 106 Å². The summed E-state index contributed by atoms with van der Waals surface area (Å²) in [6.45, 7) is 2.06. The van der Waals surface area contributed by atoms with Gasteiger partial charge < -0.3 is 10.6 Å². The van der Waals surface area contributed by atoms with Crippen LogP contribution in [0, 0.1) is 0 Å². The van der Waals surface area contributed by atoms with Gasteiger partial charge in [0.2, 0.25) is 0 Å². The average molecular weight is 238 g/mol. The molecule has 0 spiro atoms. The van der Waals surface area contributed by atoms with Crippen molar-refractivity contribution in [2.75, 3.05) is 10.6 Å². The molecule has 0 saturated carbocycles. The number of amides is 1. The highest BCUT2D eigenvalue weighted by molar-refractivity contribution is 6.13. The Morgan fingerprint density at radius 1 is 0.889 bits per heavy atom. The molecular weight excluding hydrogens is 224 g/mol. The van der Waals surface area contributed by atoms with Gasteiger partial charge >= 0.3 is 0 Å². The SMILES string of the molecule is CCc1cccc2c1C(=O)Nc1ccccc1N2. The van der Waals surface area contributed by atoms with Gasteiger partial charge in [-0.05, 0) is 30.2 Å². The summed E-state index contributed by atoms with van der Waals surface area (Å²) in [5, 5.41) is 6.28. The molecule has 3 heteroatoms. The topological polar surface area (TPSA) is 41.1 Å². The number of carbonyl (C=O) groups is 1. The summed E-state index contributed by atoms with van der Waals surface area (Å²) in [6.07, 6.45) is 0.842. The van der Waals surface area contributed by atoms with Gasteiger partial charge in [-0.15, -0.1) is 0 Å². The van der Waals surface area contributed by atoms with Crippen LogP contribution in [-0.4, -0.2) is 5.91 Å². The molecule has 18 heavy (non-hydrogen) atoms. The zero-order chi connectivity index (χ0) is 12.5. The molecule has 2 N–H and O–H groups in total. The molecule has 0 aliphatic carbocycles. The van der Waals surface area contributed by atoms with Gasteiger partial charge in [0.1, 0.15) is 0 Å². The van der Waals surface area contributed by atoms with Crippen LogP contribution < -0.4 is 10.6 Å². The summed E-state index contributed by atoms with van der Waals surface area (Å²) in [5.41, 5.74) is 4.43. The summed E-state index contributed by atoms with van der Waals surface area (Å²) in [7, 11) is 0. The van der Waals surface area contributed by atoms with Gasteiger partial charge in [0, 0.05) is 0 Å². The molecule has 1 aliphatic heterocycles.